The van der Waals surface area contributed by atoms with Crippen molar-refractivity contribution in [2.75, 3.05) is 11.9 Å². The van der Waals surface area contributed by atoms with E-state index < -0.39 is 51.3 Å². The predicted octanol–water partition coefficient (Wildman–Crippen LogP) is 5.86. The van der Waals surface area contributed by atoms with E-state index in [2.05, 4.69) is 15.9 Å². The zero-order valence-corrected chi connectivity index (χ0v) is 13.8. The van der Waals surface area contributed by atoms with Gasteiger partial charge in [0.05, 0.1) is 11.1 Å². The van der Waals surface area contributed by atoms with Crippen molar-refractivity contribution in [2.45, 2.75) is 12.4 Å². The molecule has 0 bridgehead atoms. The van der Waals surface area contributed by atoms with Gasteiger partial charge in [-0.05, 0) is 18.2 Å². The Bertz CT molecular complexity index is 777. The third-order valence-electron chi connectivity index (χ3n) is 3.17. The highest BCUT2D eigenvalue weighted by atomic mass is 79.9. The Balaban J connectivity index is 2.77. The van der Waals surface area contributed by atoms with E-state index in [1.807, 2.05) is 0 Å². The van der Waals surface area contributed by atoms with E-state index in [4.69, 9.17) is 9.52 Å². The van der Waals surface area contributed by atoms with E-state index >= 15 is 0 Å². The first-order valence-corrected chi connectivity index (χ1v) is 7.16. The molecule has 0 saturated carbocycles. The van der Waals surface area contributed by atoms with Crippen LogP contribution in [0.2, 0.25) is 0 Å². The number of hydrogen-bond acceptors (Lipinski definition) is 2. The summed E-state index contributed by atoms with van der Waals surface area (Å²) in [5.74, 6) is -1.18. The van der Waals surface area contributed by atoms with Crippen LogP contribution in [-0.2, 0) is 12.4 Å². The summed E-state index contributed by atoms with van der Waals surface area (Å²) >= 11 is 2.64. The minimum absolute atomic E-state index is 0.412. The highest BCUT2D eigenvalue weighted by Crippen LogP contribution is 2.46. The molecule has 25 heavy (non-hydrogen) atoms. The first kappa shape index (κ1) is 19.2. The van der Waals surface area contributed by atoms with Crippen LogP contribution >= 0.6 is 15.9 Å². The molecule has 0 fully saturated rings. The van der Waals surface area contributed by atoms with E-state index in [0.717, 1.165) is 19.2 Å². The molecule has 1 N–H and O–H groups in total. The molecule has 1 amide bonds. The lowest BCUT2D eigenvalue weighted by Crippen LogP contribution is -2.23. The lowest BCUT2D eigenvalue weighted by molar-refractivity contribution is -0.142. The summed E-state index contributed by atoms with van der Waals surface area (Å²) in [7, 11) is 1.03. The fraction of sp³-hybridized carbons (Fsp3) is 0.214. The lowest BCUT2D eigenvalue weighted by atomic mass is 9.98. The third kappa shape index (κ3) is 3.91. The van der Waals surface area contributed by atoms with Crippen molar-refractivity contribution in [1.82, 2.24) is 0 Å². The largest absolute Gasteiger partial charge is 0.465 e. The molecule has 0 aliphatic heterocycles. The number of halogens is 7. The van der Waals surface area contributed by atoms with Gasteiger partial charge in [-0.2, -0.15) is 26.3 Å². The quantitative estimate of drug-likeness (QED) is 0.605. The van der Waals surface area contributed by atoms with Gasteiger partial charge in [-0.25, -0.2) is 4.79 Å². The Labute approximate surface area is 144 Å². The van der Waals surface area contributed by atoms with Crippen LogP contribution in [0.1, 0.15) is 11.1 Å². The number of anilines is 1. The average molecular weight is 432 g/mol. The second kappa shape index (κ2) is 6.28. The number of furan rings is 1. The molecule has 1 heterocycles. The van der Waals surface area contributed by atoms with Gasteiger partial charge >= 0.3 is 18.4 Å². The molecular weight excluding hydrogens is 424 g/mol. The number of rotatable bonds is 2. The van der Waals surface area contributed by atoms with Gasteiger partial charge in [0, 0.05) is 23.2 Å². The van der Waals surface area contributed by atoms with Gasteiger partial charge in [-0.15, -0.1) is 0 Å². The van der Waals surface area contributed by atoms with Crippen LogP contribution in [0.3, 0.4) is 0 Å². The highest BCUT2D eigenvalue weighted by Gasteiger charge is 2.42. The summed E-state index contributed by atoms with van der Waals surface area (Å²) in [6.07, 6.45) is -11.7. The van der Waals surface area contributed by atoms with E-state index in [1.165, 1.54) is 0 Å². The van der Waals surface area contributed by atoms with Gasteiger partial charge in [0.1, 0.15) is 5.76 Å². The number of carbonyl (C=O) groups is 1. The van der Waals surface area contributed by atoms with Crippen LogP contribution < -0.4 is 4.90 Å². The normalized spacial score (nSPS) is 12.3. The molecule has 11 heteroatoms. The zero-order chi connectivity index (χ0) is 19.2. The van der Waals surface area contributed by atoms with Crippen molar-refractivity contribution in [3.63, 3.8) is 0 Å². The van der Waals surface area contributed by atoms with Crippen LogP contribution in [-0.4, -0.2) is 18.2 Å². The SMILES string of the molecule is CN(C(=O)O)c1ccc(-c2c(C(F)(F)F)cc(Br)cc2C(F)(F)F)o1. The Morgan fingerprint density at radius 2 is 1.56 bits per heavy atom. The third-order valence-corrected chi connectivity index (χ3v) is 3.63. The van der Waals surface area contributed by atoms with Gasteiger partial charge in [0.2, 0.25) is 5.88 Å². The van der Waals surface area contributed by atoms with E-state index in [0.29, 0.717) is 17.0 Å². The molecule has 0 aliphatic rings. The topological polar surface area (TPSA) is 53.7 Å². The number of amides is 1. The molecule has 0 spiro atoms. The molecule has 2 aromatic rings. The van der Waals surface area contributed by atoms with Crippen molar-refractivity contribution in [3.05, 3.63) is 39.9 Å². The molecule has 0 atom stereocenters. The Hall–Kier alpha value is -2.17. The Morgan fingerprint density at radius 1 is 1.08 bits per heavy atom. The summed E-state index contributed by atoms with van der Waals surface area (Å²) in [5.41, 5.74) is -4.34. The van der Waals surface area contributed by atoms with Crippen molar-refractivity contribution in [1.29, 1.82) is 0 Å². The van der Waals surface area contributed by atoms with Crippen molar-refractivity contribution in [2.24, 2.45) is 0 Å². The summed E-state index contributed by atoms with van der Waals surface area (Å²) < 4.78 is 84.0. The van der Waals surface area contributed by atoms with Crippen LogP contribution in [0.15, 0.2) is 33.2 Å². The van der Waals surface area contributed by atoms with Crippen LogP contribution in [0.5, 0.6) is 0 Å². The monoisotopic (exact) mass is 431 g/mol. The van der Waals surface area contributed by atoms with E-state index in [1.54, 1.807) is 0 Å². The standard InChI is InChI=1S/C14H8BrF6NO3/c1-22(12(23)24)10-3-2-9(25-10)11-7(13(16,17)18)4-6(15)5-8(11)14(19,20)21/h2-5H,1H3,(H,23,24). The first-order valence-electron chi connectivity index (χ1n) is 6.37. The fourth-order valence-corrected chi connectivity index (χ4v) is 2.51. The van der Waals surface area contributed by atoms with Gasteiger partial charge in [-0.3, -0.25) is 4.90 Å². The lowest BCUT2D eigenvalue weighted by Gasteiger charge is -2.18. The summed E-state index contributed by atoms with van der Waals surface area (Å²) in [4.78, 5) is 11.4. The van der Waals surface area contributed by atoms with Crippen molar-refractivity contribution < 1.29 is 40.7 Å². The molecular formula is C14H8BrF6NO3. The fourth-order valence-electron chi connectivity index (χ4n) is 2.06. The average Bonchev–Trinajstić information content (AvgIpc) is 2.92. The van der Waals surface area contributed by atoms with Crippen molar-refractivity contribution in [3.8, 4) is 11.3 Å². The maximum absolute atomic E-state index is 13.2. The number of alkyl halides is 6. The summed E-state index contributed by atoms with van der Waals surface area (Å²) in [6, 6.07) is 2.80. The smallest absolute Gasteiger partial charge is 0.417 e. The molecule has 1 aromatic heterocycles. The molecule has 4 nitrogen and oxygen atoms in total. The number of hydrogen-bond donors (Lipinski definition) is 1. The Kier molecular flexibility index (Phi) is 4.81. The molecule has 0 unspecified atom stereocenters. The number of benzene rings is 1. The molecule has 0 radical (unpaired) electrons. The summed E-state index contributed by atoms with van der Waals surface area (Å²) in [5, 5.41) is 8.82. The van der Waals surface area contributed by atoms with Gasteiger partial charge in [0.15, 0.2) is 0 Å². The van der Waals surface area contributed by atoms with E-state index in [-0.39, 0.29) is 0 Å². The van der Waals surface area contributed by atoms with Crippen molar-refractivity contribution >= 4 is 27.9 Å². The predicted molar refractivity (Wildman–Crippen MR) is 78.3 cm³/mol. The van der Waals surface area contributed by atoms with Crippen LogP contribution in [0.4, 0.5) is 37.0 Å². The van der Waals surface area contributed by atoms with Crippen LogP contribution in [0.25, 0.3) is 11.3 Å². The highest BCUT2D eigenvalue weighted by molar-refractivity contribution is 9.10. The molecule has 1 aromatic carbocycles. The van der Waals surface area contributed by atoms with Gasteiger partial charge in [-0.1, -0.05) is 15.9 Å². The molecule has 0 saturated heterocycles. The number of nitrogens with zero attached hydrogens (tertiary/aromatic N) is 1. The van der Waals surface area contributed by atoms with Gasteiger partial charge in [0.25, 0.3) is 0 Å². The maximum Gasteiger partial charge on any atom is 0.417 e. The van der Waals surface area contributed by atoms with E-state index in [9.17, 15) is 31.1 Å². The second-order valence-electron chi connectivity index (χ2n) is 4.85. The zero-order valence-electron chi connectivity index (χ0n) is 12.2. The Morgan fingerprint density at radius 3 is 1.96 bits per heavy atom. The second-order valence-corrected chi connectivity index (χ2v) is 5.77. The first-order chi connectivity index (χ1) is 11.3. The van der Waals surface area contributed by atoms with Crippen LogP contribution in [0, 0.1) is 0 Å². The maximum atomic E-state index is 13.2. The minimum atomic E-state index is -5.09. The molecule has 136 valence electrons. The summed E-state index contributed by atoms with van der Waals surface area (Å²) in [6.45, 7) is 0. The molecule has 0 aliphatic carbocycles. The molecule has 2 rings (SSSR count). The van der Waals surface area contributed by atoms with Gasteiger partial charge < -0.3 is 9.52 Å². The number of carboxylic acid groups (broad SMARTS) is 1. The minimum Gasteiger partial charge on any atom is -0.465 e.